The zero-order chi connectivity index (χ0) is 18.4. The van der Waals surface area contributed by atoms with E-state index in [1.807, 2.05) is 12.1 Å². The molecule has 0 saturated carbocycles. The summed E-state index contributed by atoms with van der Waals surface area (Å²) in [5.74, 6) is -0.0673. The molecule has 1 fully saturated rings. The third-order valence-corrected chi connectivity index (χ3v) is 4.77. The Morgan fingerprint density at radius 1 is 1.08 bits per heavy atom. The van der Waals surface area contributed by atoms with Crippen LogP contribution in [0.25, 0.3) is 0 Å². The summed E-state index contributed by atoms with van der Waals surface area (Å²) in [6.07, 6.45) is 0. The second-order valence-corrected chi connectivity index (χ2v) is 6.80. The first kappa shape index (κ1) is 18.4. The number of nitriles is 1. The van der Waals surface area contributed by atoms with Crippen LogP contribution in [0.3, 0.4) is 0 Å². The standard InChI is InChI=1S/C20H21ClN4O/c21-19-12-18(7-6-17(19)13-22)23-20(26)15-25-10-8-24(9-11-25)14-16-4-2-1-3-5-16/h1-7,12H,8-11,14-15H2,(H,23,26). The van der Waals surface area contributed by atoms with Crippen molar-refractivity contribution in [1.82, 2.24) is 9.80 Å². The fourth-order valence-corrected chi connectivity index (χ4v) is 3.26. The highest BCUT2D eigenvalue weighted by atomic mass is 35.5. The van der Waals surface area contributed by atoms with Crippen LogP contribution >= 0.6 is 11.6 Å². The Hall–Kier alpha value is -2.39. The zero-order valence-electron chi connectivity index (χ0n) is 14.5. The van der Waals surface area contributed by atoms with E-state index in [1.165, 1.54) is 5.56 Å². The van der Waals surface area contributed by atoms with E-state index in [4.69, 9.17) is 16.9 Å². The van der Waals surface area contributed by atoms with Crippen molar-refractivity contribution in [3.63, 3.8) is 0 Å². The van der Waals surface area contributed by atoms with Gasteiger partial charge in [-0.15, -0.1) is 0 Å². The maximum Gasteiger partial charge on any atom is 0.238 e. The molecule has 6 heteroatoms. The second kappa shape index (κ2) is 8.81. The van der Waals surface area contributed by atoms with E-state index in [-0.39, 0.29) is 5.91 Å². The second-order valence-electron chi connectivity index (χ2n) is 6.39. The molecule has 0 unspecified atom stereocenters. The number of hydrogen-bond acceptors (Lipinski definition) is 4. The molecule has 1 heterocycles. The number of amides is 1. The maximum absolute atomic E-state index is 12.2. The summed E-state index contributed by atoms with van der Waals surface area (Å²) in [6, 6.07) is 17.4. The van der Waals surface area contributed by atoms with Gasteiger partial charge >= 0.3 is 0 Å². The van der Waals surface area contributed by atoms with Crippen LogP contribution in [-0.4, -0.2) is 48.4 Å². The molecule has 0 spiro atoms. The summed E-state index contributed by atoms with van der Waals surface area (Å²) in [5, 5.41) is 12.1. The molecule has 1 aliphatic rings. The van der Waals surface area contributed by atoms with Gasteiger partial charge in [0, 0.05) is 38.4 Å². The molecule has 1 amide bonds. The fraction of sp³-hybridized carbons (Fsp3) is 0.300. The first-order chi connectivity index (χ1) is 12.6. The van der Waals surface area contributed by atoms with Crippen LogP contribution in [0.1, 0.15) is 11.1 Å². The zero-order valence-corrected chi connectivity index (χ0v) is 15.2. The maximum atomic E-state index is 12.2. The number of rotatable bonds is 5. The average Bonchev–Trinajstić information content (AvgIpc) is 2.64. The third kappa shape index (κ3) is 5.06. The lowest BCUT2D eigenvalue weighted by Gasteiger charge is -2.34. The number of benzene rings is 2. The number of carbonyl (C=O) groups is 1. The topological polar surface area (TPSA) is 59.4 Å². The molecule has 0 atom stereocenters. The Morgan fingerprint density at radius 3 is 2.42 bits per heavy atom. The first-order valence-electron chi connectivity index (χ1n) is 8.62. The van der Waals surface area contributed by atoms with Gasteiger partial charge in [-0.1, -0.05) is 41.9 Å². The van der Waals surface area contributed by atoms with Crippen molar-refractivity contribution in [2.24, 2.45) is 0 Å². The Morgan fingerprint density at radius 2 is 1.77 bits per heavy atom. The van der Waals surface area contributed by atoms with Gasteiger partial charge in [-0.25, -0.2) is 0 Å². The third-order valence-electron chi connectivity index (χ3n) is 4.45. The Kier molecular flexibility index (Phi) is 6.24. The van der Waals surface area contributed by atoms with Gasteiger partial charge in [0.05, 0.1) is 17.1 Å². The summed E-state index contributed by atoms with van der Waals surface area (Å²) in [5.41, 5.74) is 2.33. The van der Waals surface area contributed by atoms with Crippen molar-refractivity contribution in [3.05, 3.63) is 64.7 Å². The van der Waals surface area contributed by atoms with Crippen molar-refractivity contribution in [3.8, 4) is 6.07 Å². The molecule has 0 radical (unpaired) electrons. The van der Waals surface area contributed by atoms with Crippen LogP contribution in [0, 0.1) is 11.3 Å². The summed E-state index contributed by atoms with van der Waals surface area (Å²) in [4.78, 5) is 16.8. The van der Waals surface area contributed by atoms with Gasteiger partial charge in [-0.2, -0.15) is 5.26 Å². The minimum atomic E-state index is -0.0673. The van der Waals surface area contributed by atoms with Gasteiger partial charge in [-0.05, 0) is 23.8 Å². The van der Waals surface area contributed by atoms with E-state index < -0.39 is 0 Å². The molecule has 2 aromatic carbocycles. The molecule has 2 aromatic rings. The van der Waals surface area contributed by atoms with E-state index in [2.05, 4.69) is 39.4 Å². The average molecular weight is 369 g/mol. The molecule has 26 heavy (non-hydrogen) atoms. The molecule has 1 aliphatic heterocycles. The quantitative estimate of drug-likeness (QED) is 0.881. The molecule has 0 aliphatic carbocycles. The van der Waals surface area contributed by atoms with Gasteiger partial charge in [0.1, 0.15) is 6.07 Å². The van der Waals surface area contributed by atoms with Gasteiger partial charge in [0.2, 0.25) is 5.91 Å². The minimum absolute atomic E-state index is 0.0673. The van der Waals surface area contributed by atoms with Gasteiger partial charge in [0.25, 0.3) is 0 Å². The molecule has 134 valence electrons. The predicted octanol–water partition coefficient (Wildman–Crippen LogP) is 2.97. The SMILES string of the molecule is N#Cc1ccc(NC(=O)CN2CCN(Cc3ccccc3)CC2)cc1Cl. The smallest absolute Gasteiger partial charge is 0.238 e. The molecular weight excluding hydrogens is 348 g/mol. The molecule has 0 bridgehead atoms. The van der Waals surface area contributed by atoms with Crippen LogP contribution in [0.2, 0.25) is 5.02 Å². The number of piperazine rings is 1. The van der Waals surface area contributed by atoms with Crippen molar-refractivity contribution in [2.45, 2.75) is 6.54 Å². The monoisotopic (exact) mass is 368 g/mol. The summed E-state index contributed by atoms with van der Waals surface area (Å²) < 4.78 is 0. The molecule has 1 N–H and O–H groups in total. The van der Waals surface area contributed by atoms with E-state index in [9.17, 15) is 4.79 Å². The molecule has 5 nitrogen and oxygen atoms in total. The molecule has 0 aromatic heterocycles. The van der Waals surface area contributed by atoms with Gasteiger partial charge in [0.15, 0.2) is 0 Å². The van der Waals surface area contributed by atoms with Gasteiger partial charge < -0.3 is 5.32 Å². The van der Waals surface area contributed by atoms with Crippen LogP contribution in [0.4, 0.5) is 5.69 Å². The van der Waals surface area contributed by atoms with Crippen molar-refractivity contribution >= 4 is 23.2 Å². The Balaban J connectivity index is 1.45. The van der Waals surface area contributed by atoms with Crippen LogP contribution in [0.5, 0.6) is 0 Å². The summed E-state index contributed by atoms with van der Waals surface area (Å²) >= 11 is 6.00. The fourth-order valence-electron chi connectivity index (χ4n) is 3.03. The van der Waals surface area contributed by atoms with E-state index >= 15 is 0 Å². The number of anilines is 1. The summed E-state index contributed by atoms with van der Waals surface area (Å²) in [6.45, 7) is 4.94. The largest absolute Gasteiger partial charge is 0.325 e. The van der Waals surface area contributed by atoms with Gasteiger partial charge in [-0.3, -0.25) is 14.6 Å². The number of hydrogen-bond donors (Lipinski definition) is 1. The highest BCUT2D eigenvalue weighted by Crippen LogP contribution is 2.20. The van der Waals surface area contributed by atoms with Crippen LogP contribution in [-0.2, 0) is 11.3 Å². The van der Waals surface area contributed by atoms with E-state index in [1.54, 1.807) is 18.2 Å². The molecule has 1 saturated heterocycles. The molecular formula is C20H21ClN4O. The Labute approximate surface area is 158 Å². The van der Waals surface area contributed by atoms with Crippen LogP contribution < -0.4 is 5.32 Å². The van der Waals surface area contributed by atoms with E-state index in [0.717, 1.165) is 32.7 Å². The lowest BCUT2D eigenvalue weighted by Crippen LogP contribution is -2.48. The highest BCUT2D eigenvalue weighted by Gasteiger charge is 2.19. The predicted molar refractivity (Wildman–Crippen MR) is 103 cm³/mol. The first-order valence-corrected chi connectivity index (χ1v) is 9.00. The highest BCUT2D eigenvalue weighted by molar-refractivity contribution is 6.32. The number of carbonyl (C=O) groups excluding carboxylic acids is 1. The van der Waals surface area contributed by atoms with Crippen molar-refractivity contribution in [1.29, 1.82) is 5.26 Å². The van der Waals surface area contributed by atoms with E-state index in [0.29, 0.717) is 22.8 Å². The number of nitrogens with one attached hydrogen (secondary N) is 1. The lowest BCUT2D eigenvalue weighted by atomic mass is 10.2. The minimum Gasteiger partial charge on any atom is -0.325 e. The van der Waals surface area contributed by atoms with Crippen molar-refractivity contribution < 1.29 is 4.79 Å². The van der Waals surface area contributed by atoms with Crippen LogP contribution in [0.15, 0.2) is 48.5 Å². The lowest BCUT2D eigenvalue weighted by molar-refractivity contribution is -0.117. The van der Waals surface area contributed by atoms with Crippen molar-refractivity contribution in [2.75, 3.05) is 38.0 Å². The normalized spacial score (nSPS) is 15.4. The number of halogens is 1. The summed E-state index contributed by atoms with van der Waals surface area (Å²) in [7, 11) is 0. The molecule has 3 rings (SSSR count). The number of nitrogens with zero attached hydrogens (tertiary/aromatic N) is 3. The Bertz CT molecular complexity index is 795.